The summed E-state index contributed by atoms with van der Waals surface area (Å²) in [5.74, 6) is 0.201. The molecule has 4 heteroatoms. The first kappa shape index (κ1) is 14.7. The molecule has 0 spiro atoms. The molecule has 1 aromatic rings. The van der Waals surface area contributed by atoms with Crippen molar-refractivity contribution in [3.8, 4) is 0 Å². The van der Waals surface area contributed by atoms with Crippen molar-refractivity contribution in [2.75, 3.05) is 33.2 Å². The number of hydrogen-bond donors (Lipinski definition) is 0. The van der Waals surface area contributed by atoms with E-state index >= 15 is 0 Å². The van der Waals surface area contributed by atoms with Crippen molar-refractivity contribution in [1.29, 1.82) is 0 Å². The minimum atomic E-state index is 0.201. The van der Waals surface area contributed by atoms with Crippen molar-refractivity contribution in [3.05, 3.63) is 34.3 Å². The van der Waals surface area contributed by atoms with Crippen LogP contribution in [0.15, 0.2) is 28.7 Å². The average molecular weight is 325 g/mol. The summed E-state index contributed by atoms with van der Waals surface area (Å²) in [6, 6.07) is 8.23. The lowest BCUT2D eigenvalue weighted by atomic mass is 10.1. The van der Waals surface area contributed by atoms with E-state index in [4.69, 9.17) is 0 Å². The van der Waals surface area contributed by atoms with Crippen LogP contribution in [0.4, 0.5) is 0 Å². The van der Waals surface area contributed by atoms with Gasteiger partial charge in [-0.2, -0.15) is 0 Å². The molecule has 1 aliphatic rings. The summed E-state index contributed by atoms with van der Waals surface area (Å²) in [6.07, 6.45) is 1.14. The molecular weight excluding hydrogens is 304 g/mol. The molecule has 0 radical (unpaired) electrons. The van der Waals surface area contributed by atoms with E-state index in [1.165, 1.54) is 0 Å². The molecule has 3 nitrogen and oxygen atoms in total. The minimum Gasteiger partial charge on any atom is -0.301 e. The number of rotatable bonds is 4. The van der Waals surface area contributed by atoms with Crippen LogP contribution in [0, 0.1) is 0 Å². The molecule has 1 unspecified atom stereocenters. The highest BCUT2D eigenvalue weighted by Crippen LogP contribution is 2.18. The zero-order chi connectivity index (χ0) is 13.8. The van der Waals surface area contributed by atoms with E-state index in [2.05, 4.69) is 39.7 Å². The van der Waals surface area contributed by atoms with Crippen LogP contribution in [0.5, 0.6) is 0 Å². The summed E-state index contributed by atoms with van der Waals surface area (Å²) < 4.78 is 0.890. The van der Waals surface area contributed by atoms with Crippen LogP contribution >= 0.6 is 15.9 Å². The van der Waals surface area contributed by atoms with Gasteiger partial charge in [-0.15, -0.1) is 0 Å². The van der Waals surface area contributed by atoms with Crippen molar-refractivity contribution in [2.24, 2.45) is 0 Å². The average Bonchev–Trinajstić information content (AvgIpc) is 2.41. The van der Waals surface area contributed by atoms with Gasteiger partial charge >= 0.3 is 0 Å². The quantitative estimate of drug-likeness (QED) is 0.795. The summed E-state index contributed by atoms with van der Waals surface area (Å²) in [4.78, 5) is 17.0. The van der Waals surface area contributed by atoms with Gasteiger partial charge < -0.3 is 4.90 Å². The van der Waals surface area contributed by atoms with E-state index in [9.17, 15) is 4.79 Å². The molecule has 1 saturated heterocycles. The number of likely N-dealkylation sites (N-methyl/N-ethyl adjacent to an activating group) is 1. The van der Waals surface area contributed by atoms with Crippen molar-refractivity contribution in [2.45, 2.75) is 19.4 Å². The molecule has 0 aliphatic carbocycles. The van der Waals surface area contributed by atoms with Gasteiger partial charge in [0.15, 0.2) is 5.78 Å². The highest BCUT2D eigenvalue weighted by atomic mass is 79.9. The van der Waals surface area contributed by atoms with E-state index in [-0.39, 0.29) is 5.78 Å². The van der Waals surface area contributed by atoms with E-state index < -0.39 is 0 Å². The normalized spacial score (nSPS) is 21.5. The van der Waals surface area contributed by atoms with Crippen LogP contribution in [0.2, 0.25) is 0 Å². The molecular formula is C15H21BrN2O. The Labute approximate surface area is 123 Å². The number of piperazine rings is 1. The summed E-state index contributed by atoms with van der Waals surface area (Å²) in [5, 5.41) is 0. The number of benzene rings is 1. The van der Waals surface area contributed by atoms with Gasteiger partial charge in [-0.1, -0.05) is 41.1 Å². The predicted octanol–water partition coefficient (Wildman–Crippen LogP) is 2.66. The second-order valence-electron chi connectivity index (χ2n) is 5.18. The Balaban J connectivity index is 1.98. The van der Waals surface area contributed by atoms with Crippen molar-refractivity contribution in [1.82, 2.24) is 9.80 Å². The van der Waals surface area contributed by atoms with Gasteiger partial charge in [0.2, 0.25) is 0 Å². The van der Waals surface area contributed by atoms with Gasteiger partial charge in [0, 0.05) is 35.7 Å². The van der Waals surface area contributed by atoms with E-state index in [0.29, 0.717) is 12.6 Å². The van der Waals surface area contributed by atoms with Crippen LogP contribution < -0.4 is 0 Å². The van der Waals surface area contributed by atoms with Gasteiger partial charge in [-0.05, 0) is 19.5 Å². The lowest BCUT2D eigenvalue weighted by molar-refractivity contribution is 0.0742. The van der Waals surface area contributed by atoms with Gasteiger partial charge in [0.05, 0.1) is 6.54 Å². The van der Waals surface area contributed by atoms with E-state index in [1.54, 1.807) is 0 Å². The highest BCUT2D eigenvalue weighted by molar-refractivity contribution is 9.10. The molecule has 0 amide bonds. The Morgan fingerprint density at radius 1 is 1.37 bits per heavy atom. The molecule has 2 rings (SSSR count). The zero-order valence-corrected chi connectivity index (χ0v) is 13.2. The Hall–Kier alpha value is -0.710. The Bertz CT molecular complexity index is 450. The Kier molecular flexibility index (Phi) is 5.13. The maximum Gasteiger partial charge on any atom is 0.177 e. The summed E-state index contributed by atoms with van der Waals surface area (Å²) in [6.45, 7) is 5.74. The highest BCUT2D eigenvalue weighted by Gasteiger charge is 2.24. The number of halogens is 1. The molecule has 1 atom stereocenters. The summed E-state index contributed by atoms with van der Waals surface area (Å²) >= 11 is 3.45. The van der Waals surface area contributed by atoms with Crippen LogP contribution in [-0.2, 0) is 0 Å². The number of carbonyl (C=O) groups excluding carboxylic acids is 1. The molecule has 0 bridgehead atoms. The molecule has 0 saturated carbocycles. The zero-order valence-electron chi connectivity index (χ0n) is 11.6. The van der Waals surface area contributed by atoms with Crippen LogP contribution in [-0.4, -0.2) is 54.9 Å². The van der Waals surface area contributed by atoms with Gasteiger partial charge in [-0.25, -0.2) is 0 Å². The number of hydrogen-bond acceptors (Lipinski definition) is 3. The lowest BCUT2D eigenvalue weighted by Crippen LogP contribution is -2.52. The number of carbonyl (C=O) groups is 1. The third kappa shape index (κ3) is 3.65. The minimum absolute atomic E-state index is 0.201. The molecule has 104 valence electrons. The Morgan fingerprint density at radius 2 is 2.11 bits per heavy atom. The standard InChI is InChI=1S/C15H21BrN2O/c1-3-12-10-18(9-8-17(12)2)11-15(19)13-6-4-5-7-14(13)16/h4-7,12H,3,8-11H2,1-2H3. The van der Waals surface area contributed by atoms with Crippen LogP contribution in [0.25, 0.3) is 0 Å². The molecule has 1 aliphatic heterocycles. The fraction of sp³-hybridized carbons (Fsp3) is 0.533. The Morgan fingerprint density at radius 3 is 2.79 bits per heavy atom. The van der Waals surface area contributed by atoms with Gasteiger partial charge in [0.1, 0.15) is 0 Å². The summed E-state index contributed by atoms with van der Waals surface area (Å²) in [7, 11) is 2.17. The topological polar surface area (TPSA) is 23.6 Å². The van der Waals surface area contributed by atoms with Crippen molar-refractivity contribution in [3.63, 3.8) is 0 Å². The molecule has 1 heterocycles. The largest absolute Gasteiger partial charge is 0.301 e. The first-order chi connectivity index (χ1) is 9.11. The van der Waals surface area contributed by atoms with Gasteiger partial charge in [-0.3, -0.25) is 9.69 Å². The number of Topliss-reactive ketones (excluding diaryl/α,β-unsaturated/α-hetero) is 1. The monoisotopic (exact) mass is 324 g/mol. The number of ketones is 1. The van der Waals surface area contributed by atoms with Crippen LogP contribution in [0.1, 0.15) is 23.7 Å². The second-order valence-corrected chi connectivity index (χ2v) is 6.04. The fourth-order valence-corrected chi connectivity index (χ4v) is 3.08. The third-order valence-corrected chi connectivity index (χ3v) is 4.57. The first-order valence-corrected chi connectivity index (χ1v) is 7.61. The third-order valence-electron chi connectivity index (χ3n) is 3.87. The maximum absolute atomic E-state index is 12.3. The molecule has 19 heavy (non-hydrogen) atoms. The van der Waals surface area contributed by atoms with E-state index in [1.807, 2.05) is 24.3 Å². The molecule has 0 aromatic heterocycles. The lowest BCUT2D eigenvalue weighted by Gasteiger charge is -2.38. The SMILES string of the molecule is CCC1CN(CC(=O)c2ccccc2Br)CCN1C. The van der Waals surface area contributed by atoms with E-state index in [0.717, 1.165) is 36.1 Å². The second kappa shape index (κ2) is 6.64. The smallest absolute Gasteiger partial charge is 0.177 e. The first-order valence-electron chi connectivity index (χ1n) is 6.82. The van der Waals surface area contributed by atoms with Crippen LogP contribution in [0.3, 0.4) is 0 Å². The van der Waals surface area contributed by atoms with Crippen molar-refractivity contribution < 1.29 is 4.79 Å². The van der Waals surface area contributed by atoms with Gasteiger partial charge in [0.25, 0.3) is 0 Å². The maximum atomic E-state index is 12.3. The molecule has 1 aromatic carbocycles. The predicted molar refractivity (Wildman–Crippen MR) is 81.6 cm³/mol. The number of nitrogens with zero attached hydrogens (tertiary/aromatic N) is 2. The fourth-order valence-electron chi connectivity index (χ4n) is 2.57. The molecule has 1 fully saturated rings. The van der Waals surface area contributed by atoms with Crippen molar-refractivity contribution >= 4 is 21.7 Å². The summed E-state index contributed by atoms with van der Waals surface area (Å²) in [5.41, 5.74) is 0.787. The molecule has 0 N–H and O–H groups in total.